The molecule has 1 rings (SSSR count). The van der Waals surface area contributed by atoms with Gasteiger partial charge in [-0.25, -0.2) is 0 Å². The van der Waals surface area contributed by atoms with Gasteiger partial charge in [0.2, 0.25) is 0 Å². The van der Waals surface area contributed by atoms with E-state index in [4.69, 9.17) is 9.84 Å². The number of aliphatic hydroxyl groups is 1. The van der Waals surface area contributed by atoms with Crippen LogP contribution in [0.3, 0.4) is 0 Å². The lowest BCUT2D eigenvalue weighted by Crippen LogP contribution is -2.45. The second-order valence-electron chi connectivity index (χ2n) is 4.01. The van der Waals surface area contributed by atoms with Gasteiger partial charge >= 0.3 is 0 Å². The zero-order valence-corrected chi connectivity index (χ0v) is 8.51. The summed E-state index contributed by atoms with van der Waals surface area (Å²) >= 11 is 0. The zero-order chi connectivity index (χ0) is 9.57. The maximum atomic E-state index is 8.60. The van der Waals surface area contributed by atoms with Crippen molar-refractivity contribution >= 4 is 0 Å². The minimum Gasteiger partial charge on any atom is -0.396 e. The van der Waals surface area contributed by atoms with Crippen LogP contribution in [0.2, 0.25) is 0 Å². The van der Waals surface area contributed by atoms with E-state index in [1.807, 2.05) is 0 Å². The molecule has 2 N–H and O–H groups in total. The summed E-state index contributed by atoms with van der Waals surface area (Å²) in [5.41, 5.74) is 0.0354. The highest BCUT2D eigenvalue weighted by molar-refractivity contribution is 4.82. The predicted octanol–water partition coefficient (Wildman–Crippen LogP) is 0.918. The Kier molecular flexibility index (Phi) is 4.70. The third kappa shape index (κ3) is 4.07. The largest absolute Gasteiger partial charge is 0.396 e. The van der Waals surface area contributed by atoms with Crippen LogP contribution in [0.4, 0.5) is 0 Å². The number of ether oxygens (including phenoxy) is 1. The molecule has 0 spiro atoms. The van der Waals surface area contributed by atoms with Crippen LogP contribution >= 0.6 is 0 Å². The number of aliphatic hydroxyl groups excluding tert-OH is 1. The molecule has 0 bridgehead atoms. The van der Waals surface area contributed by atoms with Gasteiger partial charge in [-0.1, -0.05) is 0 Å². The van der Waals surface area contributed by atoms with Crippen LogP contribution in [-0.4, -0.2) is 37.0 Å². The van der Waals surface area contributed by atoms with Gasteiger partial charge in [0.1, 0.15) is 0 Å². The number of hydrogen-bond acceptors (Lipinski definition) is 3. The Hall–Kier alpha value is -0.120. The van der Waals surface area contributed by atoms with Crippen LogP contribution in [0.1, 0.15) is 32.6 Å². The molecule has 1 fully saturated rings. The molecule has 0 aromatic carbocycles. The predicted molar refractivity (Wildman–Crippen MR) is 52.8 cm³/mol. The molecule has 1 aliphatic heterocycles. The fraction of sp³-hybridized carbons (Fsp3) is 1.00. The minimum atomic E-state index is 0.0354. The van der Waals surface area contributed by atoms with Crippen LogP contribution in [0.5, 0.6) is 0 Å². The fourth-order valence-corrected chi connectivity index (χ4v) is 1.68. The first-order valence-corrected chi connectivity index (χ1v) is 5.22. The van der Waals surface area contributed by atoms with E-state index < -0.39 is 0 Å². The number of piperidine rings is 1. The van der Waals surface area contributed by atoms with Crippen LogP contribution in [-0.2, 0) is 4.74 Å². The molecule has 13 heavy (non-hydrogen) atoms. The summed E-state index contributed by atoms with van der Waals surface area (Å²) < 4.78 is 5.80. The molecule has 3 heteroatoms. The fourth-order valence-electron chi connectivity index (χ4n) is 1.68. The quantitative estimate of drug-likeness (QED) is 0.629. The molecule has 1 saturated heterocycles. The first kappa shape index (κ1) is 11.0. The zero-order valence-electron chi connectivity index (χ0n) is 8.51. The molecule has 0 aromatic rings. The normalized spacial score (nSPS) is 29.1. The average molecular weight is 187 g/mol. The standard InChI is InChI=1S/C10H21NO2/c1-10(5-4-6-11-9-10)13-8-3-2-7-12/h11-12H,2-9H2,1H3. The molecule has 0 radical (unpaired) electrons. The van der Waals surface area contributed by atoms with E-state index in [-0.39, 0.29) is 12.2 Å². The molecule has 0 amide bonds. The van der Waals surface area contributed by atoms with Gasteiger partial charge in [-0.3, -0.25) is 0 Å². The van der Waals surface area contributed by atoms with Gasteiger partial charge in [0.05, 0.1) is 5.60 Å². The van der Waals surface area contributed by atoms with E-state index in [2.05, 4.69) is 12.2 Å². The van der Waals surface area contributed by atoms with E-state index in [9.17, 15) is 0 Å². The lowest BCUT2D eigenvalue weighted by atomic mass is 9.96. The Labute approximate surface area is 80.5 Å². The topological polar surface area (TPSA) is 41.5 Å². The highest BCUT2D eigenvalue weighted by atomic mass is 16.5. The molecule has 1 aliphatic rings. The number of nitrogens with one attached hydrogen (secondary N) is 1. The highest BCUT2D eigenvalue weighted by Crippen LogP contribution is 2.20. The van der Waals surface area contributed by atoms with Gasteiger partial charge in [0.25, 0.3) is 0 Å². The lowest BCUT2D eigenvalue weighted by molar-refractivity contribution is -0.0485. The SMILES string of the molecule is CC1(OCCCCO)CCCNC1. The molecule has 78 valence electrons. The monoisotopic (exact) mass is 187 g/mol. The second kappa shape index (κ2) is 5.58. The van der Waals surface area contributed by atoms with Crippen molar-refractivity contribution in [3.05, 3.63) is 0 Å². The number of rotatable bonds is 5. The van der Waals surface area contributed by atoms with Crippen molar-refractivity contribution in [1.82, 2.24) is 5.32 Å². The lowest BCUT2D eigenvalue weighted by Gasteiger charge is -2.34. The summed E-state index contributed by atoms with van der Waals surface area (Å²) in [6.45, 7) is 5.30. The van der Waals surface area contributed by atoms with E-state index in [0.29, 0.717) is 0 Å². The third-order valence-corrected chi connectivity index (χ3v) is 2.56. The van der Waals surface area contributed by atoms with Crippen molar-refractivity contribution < 1.29 is 9.84 Å². The molecule has 1 heterocycles. The molecule has 1 unspecified atom stereocenters. The minimum absolute atomic E-state index is 0.0354. The number of unbranched alkanes of at least 4 members (excludes halogenated alkanes) is 1. The van der Waals surface area contributed by atoms with E-state index in [0.717, 1.165) is 39.0 Å². The molecular formula is C10H21NO2. The molecule has 1 atom stereocenters. The first-order valence-electron chi connectivity index (χ1n) is 5.22. The third-order valence-electron chi connectivity index (χ3n) is 2.56. The average Bonchev–Trinajstić information content (AvgIpc) is 2.14. The summed E-state index contributed by atoms with van der Waals surface area (Å²) in [5.74, 6) is 0. The number of hydrogen-bond donors (Lipinski definition) is 2. The molecule has 0 aliphatic carbocycles. The van der Waals surface area contributed by atoms with Crippen molar-refractivity contribution in [3.8, 4) is 0 Å². The maximum Gasteiger partial charge on any atom is 0.0778 e. The van der Waals surface area contributed by atoms with E-state index in [1.54, 1.807) is 0 Å². The Morgan fingerprint density at radius 3 is 2.92 bits per heavy atom. The van der Waals surface area contributed by atoms with Gasteiger partial charge in [-0.15, -0.1) is 0 Å². The Bertz CT molecular complexity index is 133. The van der Waals surface area contributed by atoms with Crippen molar-refractivity contribution in [2.45, 2.75) is 38.2 Å². The van der Waals surface area contributed by atoms with Crippen LogP contribution in [0.15, 0.2) is 0 Å². The summed E-state index contributed by atoms with van der Waals surface area (Å²) in [4.78, 5) is 0. The first-order chi connectivity index (χ1) is 6.27. The summed E-state index contributed by atoms with van der Waals surface area (Å²) in [6.07, 6.45) is 4.17. The van der Waals surface area contributed by atoms with Crippen molar-refractivity contribution in [3.63, 3.8) is 0 Å². The Morgan fingerprint density at radius 2 is 2.31 bits per heavy atom. The van der Waals surface area contributed by atoms with E-state index in [1.165, 1.54) is 6.42 Å². The Balaban J connectivity index is 2.10. The van der Waals surface area contributed by atoms with Gasteiger partial charge in [-0.05, 0) is 39.2 Å². The second-order valence-corrected chi connectivity index (χ2v) is 4.01. The summed E-state index contributed by atoms with van der Waals surface area (Å²) in [7, 11) is 0. The smallest absolute Gasteiger partial charge is 0.0778 e. The maximum absolute atomic E-state index is 8.60. The van der Waals surface area contributed by atoms with Gasteiger partial charge < -0.3 is 15.2 Å². The van der Waals surface area contributed by atoms with E-state index >= 15 is 0 Å². The van der Waals surface area contributed by atoms with Crippen LogP contribution in [0.25, 0.3) is 0 Å². The molecular weight excluding hydrogens is 166 g/mol. The molecule has 3 nitrogen and oxygen atoms in total. The summed E-state index contributed by atoms with van der Waals surface area (Å²) in [5, 5.41) is 11.9. The van der Waals surface area contributed by atoms with Gasteiger partial charge in [0.15, 0.2) is 0 Å². The molecule has 0 saturated carbocycles. The van der Waals surface area contributed by atoms with Crippen molar-refractivity contribution in [2.24, 2.45) is 0 Å². The van der Waals surface area contributed by atoms with Crippen molar-refractivity contribution in [1.29, 1.82) is 0 Å². The summed E-state index contributed by atoms with van der Waals surface area (Å²) in [6, 6.07) is 0. The Morgan fingerprint density at radius 1 is 1.46 bits per heavy atom. The van der Waals surface area contributed by atoms with Gasteiger partial charge in [0, 0.05) is 19.8 Å². The van der Waals surface area contributed by atoms with Crippen LogP contribution < -0.4 is 5.32 Å². The highest BCUT2D eigenvalue weighted by Gasteiger charge is 2.26. The van der Waals surface area contributed by atoms with Gasteiger partial charge in [-0.2, -0.15) is 0 Å². The molecule has 0 aromatic heterocycles. The van der Waals surface area contributed by atoms with Crippen LogP contribution in [0, 0.1) is 0 Å². The van der Waals surface area contributed by atoms with Crippen molar-refractivity contribution in [2.75, 3.05) is 26.3 Å².